The van der Waals surface area contributed by atoms with E-state index in [9.17, 15) is 26.6 Å². The first-order chi connectivity index (χ1) is 14.7. The molecule has 0 aliphatic rings. The van der Waals surface area contributed by atoms with Crippen molar-refractivity contribution in [1.29, 1.82) is 0 Å². The summed E-state index contributed by atoms with van der Waals surface area (Å²) in [7, 11) is -3.21. The third kappa shape index (κ3) is 4.59. The highest BCUT2D eigenvalue weighted by Crippen LogP contribution is 2.30. The van der Waals surface area contributed by atoms with Crippen LogP contribution >= 0.6 is 11.3 Å². The summed E-state index contributed by atoms with van der Waals surface area (Å²) in [6.45, 7) is 0. The van der Waals surface area contributed by atoms with Gasteiger partial charge in [0.25, 0.3) is 5.91 Å². The van der Waals surface area contributed by atoms with Crippen LogP contribution in [0.3, 0.4) is 0 Å². The van der Waals surface area contributed by atoms with Crippen molar-refractivity contribution in [3.05, 3.63) is 66.4 Å². The quantitative estimate of drug-likeness (QED) is 0.438. The lowest BCUT2D eigenvalue weighted by Crippen LogP contribution is -2.17. The molecule has 6 nitrogen and oxygen atoms in total. The third-order valence-corrected chi connectivity index (χ3v) is 6.12. The Morgan fingerprint density at radius 3 is 2.65 bits per heavy atom. The fourth-order valence-electron chi connectivity index (χ4n) is 2.62. The molecule has 0 saturated carbocycles. The minimum absolute atomic E-state index is 0.0519. The zero-order chi connectivity index (χ0) is 22.2. The topological polar surface area (TPSA) is 84.8 Å². The molecular weight excluding hydrogens is 456 g/mol. The Hall–Kier alpha value is -3.25. The SMILES string of the molecule is O=C(Nc1cccc(S(=O)C(F)(F)F)c1)c1cnc2nc(-c3cncc(F)c3)sc2c1. The van der Waals surface area contributed by atoms with Crippen molar-refractivity contribution in [2.45, 2.75) is 10.4 Å². The highest BCUT2D eigenvalue weighted by molar-refractivity contribution is 7.86. The van der Waals surface area contributed by atoms with E-state index in [1.54, 1.807) is 0 Å². The smallest absolute Gasteiger partial charge is 0.322 e. The van der Waals surface area contributed by atoms with E-state index in [4.69, 9.17) is 0 Å². The van der Waals surface area contributed by atoms with Crippen LogP contribution in [-0.4, -0.2) is 30.6 Å². The molecule has 31 heavy (non-hydrogen) atoms. The van der Waals surface area contributed by atoms with Gasteiger partial charge < -0.3 is 5.32 Å². The van der Waals surface area contributed by atoms with Crippen molar-refractivity contribution >= 4 is 44.1 Å². The van der Waals surface area contributed by atoms with Gasteiger partial charge in [-0.15, -0.1) is 11.3 Å². The maximum Gasteiger partial charge on any atom is 0.475 e. The summed E-state index contributed by atoms with van der Waals surface area (Å²) < 4.78 is 63.4. The van der Waals surface area contributed by atoms with Crippen LogP contribution in [-0.2, 0) is 10.8 Å². The molecular formula is C19H10F4N4O2S2. The second kappa shape index (κ2) is 8.12. The van der Waals surface area contributed by atoms with Gasteiger partial charge in [-0.2, -0.15) is 13.2 Å². The van der Waals surface area contributed by atoms with Crippen molar-refractivity contribution in [3.63, 3.8) is 0 Å². The fraction of sp³-hybridized carbons (Fsp3) is 0.0526. The predicted molar refractivity (Wildman–Crippen MR) is 107 cm³/mol. The molecule has 1 atom stereocenters. The van der Waals surface area contributed by atoms with Gasteiger partial charge in [0.1, 0.15) is 10.8 Å². The number of carbonyl (C=O) groups is 1. The van der Waals surface area contributed by atoms with Crippen LogP contribution in [0.1, 0.15) is 10.4 Å². The van der Waals surface area contributed by atoms with Crippen molar-refractivity contribution in [2.24, 2.45) is 0 Å². The molecule has 4 aromatic rings. The van der Waals surface area contributed by atoms with Crippen LogP contribution in [0.5, 0.6) is 0 Å². The number of fused-ring (bicyclic) bond motifs is 1. The van der Waals surface area contributed by atoms with Crippen molar-refractivity contribution in [3.8, 4) is 10.6 Å². The van der Waals surface area contributed by atoms with E-state index in [-0.39, 0.29) is 11.3 Å². The normalized spacial score (nSPS) is 12.6. The predicted octanol–water partition coefficient (Wildman–Crippen LogP) is 4.77. The maximum atomic E-state index is 13.4. The molecule has 4 rings (SSSR count). The highest BCUT2D eigenvalue weighted by Gasteiger charge is 2.38. The van der Waals surface area contributed by atoms with E-state index in [2.05, 4.69) is 20.3 Å². The van der Waals surface area contributed by atoms with Gasteiger partial charge in [0.05, 0.1) is 16.5 Å². The van der Waals surface area contributed by atoms with Crippen LogP contribution in [0, 0.1) is 5.82 Å². The molecule has 0 fully saturated rings. The zero-order valence-corrected chi connectivity index (χ0v) is 16.8. The van der Waals surface area contributed by atoms with E-state index in [1.165, 1.54) is 48.0 Å². The summed E-state index contributed by atoms with van der Waals surface area (Å²) in [5.74, 6) is -1.13. The molecule has 0 saturated heterocycles. The second-order valence-electron chi connectivity index (χ2n) is 6.15. The summed E-state index contributed by atoms with van der Waals surface area (Å²) in [5.41, 5.74) is -3.90. The lowest BCUT2D eigenvalue weighted by Gasteiger charge is -2.09. The Kier molecular flexibility index (Phi) is 5.50. The van der Waals surface area contributed by atoms with Crippen LogP contribution < -0.4 is 5.32 Å². The molecule has 3 heterocycles. The number of halogens is 4. The highest BCUT2D eigenvalue weighted by atomic mass is 32.2. The standard InChI is InChI=1S/C19H10F4N4O2S2/c20-12-4-11(7-24-9-12)18-27-16-15(30-18)5-10(8-25-16)17(28)26-13-2-1-3-14(6-13)31(29)19(21,22)23/h1-9H,(H,26,28). The first kappa shape index (κ1) is 21.0. The number of anilines is 1. The number of rotatable bonds is 4. The van der Waals surface area contributed by atoms with Gasteiger partial charge in [-0.25, -0.2) is 18.6 Å². The summed E-state index contributed by atoms with van der Waals surface area (Å²) in [6.07, 6.45) is 3.78. The summed E-state index contributed by atoms with van der Waals surface area (Å²) in [6, 6.07) is 7.49. The molecule has 0 aliphatic heterocycles. The Morgan fingerprint density at radius 2 is 1.90 bits per heavy atom. The fourth-order valence-corrected chi connectivity index (χ4v) is 4.27. The molecule has 1 amide bonds. The summed E-state index contributed by atoms with van der Waals surface area (Å²) in [5, 5.41) is 2.93. The molecule has 1 unspecified atom stereocenters. The Bertz CT molecular complexity index is 1320. The average Bonchev–Trinajstić information content (AvgIpc) is 3.16. The molecule has 1 N–H and O–H groups in total. The number of pyridine rings is 2. The van der Waals surface area contributed by atoms with Crippen LogP contribution in [0.15, 0.2) is 59.9 Å². The van der Waals surface area contributed by atoms with E-state index in [1.807, 2.05) is 0 Å². The molecule has 1 aromatic carbocycles. The molecule has 158 valence electrons. The van der Waals surface area contributed by atoms with Crippen molar-refractivity contribution in [2.75, 3.05) is 5.32 Å². The molecule has 3 aromatic heterocycles. The monoisotopic (exact) mass is 466 g/mol. The third-order valence-electron chi connectivity index (χ3n) is 3.98. The Labute approximate surface area is 178 Å². The second-order valence-corrected chi connectivity index (χ2v) is 8.66. The van der Waals surface area contributed by atoms with Gasteiger partial charge in [-0.05, 0) is 30.3 Å². The molecule has 0 radical (unpaired) electrons. The number of nitrogens with zero attached hydrogens (tertiary/aromatic N) is 3. The minimum atomic E-state index is -4.90. The molecule has 0 aliphatic carbocycles. The van der Waals surface area contributed by atoms with Crippen LogP contribution in [0.2, 0.25) is 0 Å². The number of benzene rings is 1. The summed E-state index contributed by atoms with van der Waals surface area (Å²) in [4.78, 5) is 24.2. The molecule has 12 heteroatoms. The van der Waals surface area contributed by atoms with Gasteiger partial charge in [0.15, 0.2) is 16.4 Å². The first-order valence-corrected chi connectivity index (χ1v) is 10.4. The number of thiazole rings is 1. The average molecular weight is 466 g/mol. The van der Waals surface area contributed by atoms with E-state index < -0.39 is 32.9 Å². The summed E-state index contributed by atoms with van der Waals surface area (Å²) >= 11 is 1.18. The van der Waals surface area contributed by atoms with Gasteiger partial charge in [0, 0.05) is 28.5 Å². The number of alkyl halides is 3. The Balaban J connectivity index is 1.58. The number of hydrogen-bond acceptors (Lipinski definition) is 6. The molecule has 0 bridgehead atoms. The Morgan fingerprint density at radius 1 is 1.10 bits per heavy atom. The van der Waals surface area contributed by atoms with Gasteiger partial charge in [-0.1, -0.05) is 6.07 Å². The maximum absolute atomic E-state index is 13.4. The van der Waals surface area contributed by atoms with Gasteiger partial charge >= 0.3 is 5.51 Å². The van der Waals surface area contributed by atoms with E-state index >= 15 is 0 Å². The lowest BCUT2D eigenvalue weighted by molar-refractivity contribution is -0.0384. The number of hydrogen-bond donors (Lipinski definition) is 1. The van der Waals surface area contributed by atoms with E-state index in [0.717, 1.165) is 18.3 Å². The number of carbonyl (C=O) groups excluding carboxylic acids is 1. The van der Waals surface area contributed by atoms with Gasteiger partial charge in [-0.3, -0.25) is 9.78 Å². The number of nitrogens with one attached hydrogen (secondary N) is 1. The first-order valence-electron chi connectivity index (χ1n) is 8.48. The number of amides is 1. The lowest BCUT2D eigenvalue weighted by atomic mass is 10.2. The van der Waals surface area contributed by atoms with Crippen molar-refractivity contribution in [1.82, 2.24) is 15.0 Å². The van der Waals surface area contributed by atoms with Gasteiger partial charge in [0.2, 0.25) is 0 Å². The molecule has 0 spiro atoms. The minimum Gasteiger partial charge on any atom is -0.322 e. The number of aromatic nitrogens is 3. The van der Waals surface area contributed by atoms with Crippen LogP contribution in [0.25, 0.3) is 20.9 Å². The van der Waals surface area contributed by atoms with E-state index in [0.29, 0.717) is 20.9 Å². The van der Waals surface area contributed by atoms with Crippen LogP contribution in [0.4, 0.5) is 23.2 Å². The largest absolute Gasteiger partial charge is 0.475 e. The zero-order valence-electron chi connectivity index (χ0n) is 15.2. The van der Waals surface area contributed by atoms with Crippen molar-refractivity contribution < 1.29 is 26.6 Å².